The van der Waals surface area contributed by atoms with E-state index in [-0.39, 0.29) is 11.8 Å². The maximum absolute atomic E-state index is 11.8. The summed E-state index contributed by atoms with van der Waals surface area (Å²) < 4.78 is 11.4. The Labute approximate surface area is 163 Å². The standard InChI is InChI=1S/C18H10N4O3S2/c1-24-17-9(5-19)2-10(7-21-17)13-8-20-6-11-3-12(25-15(11)13)4-14-16(23)22-18(26)27-14/h2-4,6-8H,1H3,(H,22,23,26)/b14-4+. The minimum absolute atomic E-state index is 0.248. The Balaban J connectivity index is 1.81. The summed E-state index contributed by atoms with van der Waals surface area (Å²) in [7, 11) is 1.46. The van der Waals surface area contributed by atoms with Crippen LogP contribution >= 0.6 is 24.0 Å². The Bertz CT molecular complexity index is 1180. The van der Waals surface area contributed by atoms with Crippen molar-refractivity contribution < 1.29 is 13.9 Å². The van der Waals surface area contributed by atoms with Gasteiger partial charge in [0.2, 0.25) is 5.88 Å². The van der Waals surface area contributed by atoms with E-state index in [1.165, 1.54) is 18.9 Å². The van der Waals surface area contributed by atoms with Crippen LogP contribution in [0.25, 0.3) is 28.2 Å². The quantitative estimate of drug-likeness (QED) is 0.534. The monoisotopic (exact) mass is 394 g/mol. The average Bonchev–Trinajstić information content (AvgIpc) is 3.22. The van der Waals surface area contributed by atoms with Crippen molar-refractivity contribution in [3.8, 4) is 23.1 Å². The fourth-order valence-electron chi connectivity index (χ4n) is 2.65. The number of ether oxygens (including phenoxy) is 1. The van der Waals surface area contributed by atoms with Crippen molar-refractivity contribution in [3.05, 3.63) is 47.0 Å². The van der Waals surface area contributed by atoms with Gasteiger partial charge in [-0.1, -0.05) is 24.0 Å². The van der Waals surface area contributed by atoms with E-state index in [0.29, 0.717) is 37.3 Å². The first kappa shape index (κ1) is 17.2. The zero-order chi connectivity index (χ0) is 19.0. The number of thioether (sulfide) groups is 1. The first-order valence-electron chi connectivity index (χ1n) is 7.66. The maximum atomic E-state index is 11.8. The van der Waals surface area contributed by atoms with Crippen LogP contribution in [-0.2, 0) is 4.79 Å². The Hall–Kier alpha value is -3.22. The Kier molecular flexibility index (Phi) is 4.35. The van der Waals surface area contributed by atoms with Gasteiger partial charge in [0.15, 0.2) is 0 Å². The Morgan fingerprint density at radius 2 is 2.22 bits per heavy atom. The lowest BCUT2D eigenvalue weighted by Crippen LogP contribution is -2.17. The molecule has 9 heteroatoms. The summed E-state index contributed by atoms with van der Waals surface area (Å²) in [5, 5.41) is 12.6. The van der Waals surface area contributed by atoms with Gasteiger partial charge in [-0.2, -0.15) is 5.26 Å². The van der Waals surface area contributed by atoms with Crippen LogP contribution in [0.3, 0.4) is 0 Å². The van der Waals surface area contributed by atoms with E-state index >= 15 is 0 Å². The predicted molar refractivity (Wildman–Crippen MR) is 105 cm³/mol. The van der Waals surface area contributed by atoms with Gasteiger partial charge in [0.1, 0.15) is 27.3 Å². The summed E-state index contributed by atoms with van der Waals surface area (Å²) in [4.78, 5) is 20.7. The number of furan rings is 1. The molecule has 0 saturated carbocycles. The summed E-state index contributed by atoms with van der Waals surface area (Å²) >= 11 is 6.17. The van der Waals surface area contributed by atoms with Crippen LogP contribution in [0.4, 0.5) is 0 Å². The van der Waals surface area contributed by atoms with Crippen LogP contribution in [0.1, 0.15) is 11.3 Å². The number of carbonyl (C=O) groups excluding carboxylic acids is 1. The number of carbonyl (C=O) groups is 1. The van der Waals surface area contributed by atoms with Gasteiger partial charge in [-0.05, 0) is 12.1 Å². The number of nitrogens with one attached hydrogen (secondary N) is 1. The van der Waals surface area contributed by atoms with Gasteiger partial charge in [-0.25, -0.2) is 4.98 Å². The second-order valence-electron chi connectivity index (χ2n) is 5.50. The molecule has 0 bridgehead atoms. The van der Waals surface area contributed by atoms with Gasteiger partial charge in [0, 0.05) is 41.2 Å². The molecule has 1 amide bonds. The summed E-state index contributed by atoms with van der Waals surface area (Å²) in [5.74, 6) is 0.511. The molecule has 0 atom stereocenters. The highest BCUT2D eigenvalue weighted by Gasteiger charge is 2.23. The van der Waals surface area contributed by atoms with Gasteiger partial charge >= 0.3 is 0 Å². The topological polar surface area (TPSA) is 101 Å². The highest BCUT2D eigenvalue weighted by Crippen LogP contribution is 2.33. The normalized spacial score (nSPS) is 15.2. The van der Waals surface area contributed by atoms with Crippen molar-refractivity contribution in [2.24, 2.45) is 0 Å². The molecule has 27 heavy (non-hydrogen) atoms. The van der Waals surface area contributed by atoms with Crippen molar-refractivity contribution in [1.29, 1.82) is 5.26 Å². The second kappa shape index (κ2) is 6.83. The number of hydrogen-bond acceptors (Lipinski definition) is 8. The van der Waals surface area contributed by atoms with E-state index in [2.05, 4.69) is 21.4 Å². The number of fused-ring (bicyclic) bond motifs is 1. The number of thiocarbonyl (C=S) groups is 1. The van der Waals surface area contributed by atoms with Crippen LogP contribution in [0.2, 0.25) is 0 Å². The van der Waals surface area contributed by atoms with Gasteiger partial charge in [0.05, 0.1) is 12.0 Å². The smallest absolute Gasteiger partial charge is 0.263 e. The van der Waals surface area contributed by atoms with E-state index in [1.807, 2.05) is 0 Å². The highest BCUT2D eigenvalue weighted by atomic mass is 32.2. The molecule has 0 spiro atoms. The largest absolute Gasteiger partial charge is 0.480 e. The molecule has 1 saturated heterocycles. The molecule has 4 rings (SSSR count). The van der Waals surface area contributed by atoms with Gasteiger partial charge in [-0.15, -0.1) is 0 Å². The number of hydrogen-bond donors (Lipinski definition) is 1. The van der Waals surface area contributed by atoms with Crippen LogP contribution in [0.15, 0.2) is 40.0 Å². The van der Waals surface area contributed by atoms with Gasteiger partial charge in [0.25, 0.3) is 5.91 Å². The van der Waals surface area contributed by atoms with Crippen molar-refractivity contribution in [2.75, 3.05) is 7.11 Å². The Morgan fingerprint density at radius 1 is 1.37 bits per heavy atom. The molecule has 4 heterocycles. The number of rotatable bonds is 3. The number of nitriles is 1. The number of nitrogens with zero attached hydrogens (tertiary/aromatic N) is 3. The van der Waals surface area contributed by atoms with E-state index in [0.717, 1.165) is 5.39 Å². The van der Waals surface area contributed by atoms with Gasteiger partial charge in [-0.3, -0.25) is 9.78 Å². The third kappa shape index (κ3) is 3.16. The first-order valence-corrected chi connectivity index (χ1v) is 8.88. The van der Waals surface area contributed by atoms with Crippen LogP contribution in [0, 0.1) is 11.3 Å². The summed E-state index contributed by atoms with van der Waals surface area (Å²) in [6.45, 7) is 0. The lowest BCUT2D eigenvalue weighted by molar-refractivity contribution is -0.115. The lowest BCUT2D eigenvalue weighted by Gasteiger charge is -2.05. The molecular formula is C18H10N4O3S2. The minimum atomic E-state index is -0.248. The zero-order valence-electron chi connectivity index (χ0n) is 13.8. The zero-order valence-corrected chi connectivity index (χ0v) is 15.5. The second-order valence-corrected chi connectivity index (χ2v) is 7.22. The molecule has 0 radical (unpaired) electrons. The third-order valence-electron chi connectivity index (χ3n) is 3.83. The van der Waals surface area contributed by atoms with Crippen molar-refractivity contribution in [2.45, 2.75) is 0 Å². The average molecular weight is 394 g/mol. The van der Waals surface area contributed by atoms with Crippen molar-refractivity contribution in [1.82, 2.24) is 15.3 Å². The highest BCUT2D eigenvalue weighted by molar-refractivity contribution is 8.26. The van der Waals surface area contributed by atoms with Gasteiger partial charge < -0.3 is 14.5 Å². The minimum Gasteiger partial charge on any atom is -0.480 e. The molecular weight excluding hydrogens is 384 g/mol. The fourth-order valence-corrected chi connectivity index (χ4v) is 3.68. The number of aromatic nitrogens is 2. The van der Waals surface area contributed by atoms with Crippen molar-refractivity contribution in [3.63, 3.8) is 0 Å². The predicted octanol–water partition coefficient (Wildman–Crippen LogP) is 3.26. The third-order valence-corrected chi connectivity index (χ3v) is 5.00. The molecule has 1 fully saturated rings. The molecule has 0 unspecified atom stereocenters. The van der Waals surface area contributed by atoms with Crippen LogP contribution < -0.4 is 10.1 Å². The molecule has 3 aromatic rings. The first-order chi connectivity index (χ1) is 13.1. The summed E-state index contributed by atoms with van der Waals surface area (Å²) in [6, 6.07) is 5.52. The molecule has 132 valence electrons. The Morgan fingerprint density at radius 3 is 2.93 bits per heavy atom. The molecule has 1 aliphatic rings. The van der Waals surface area contributed by atoms with E-state index in [9.17, 15) is 10.1 Å². The molecule has 1 N–H and O–H groups in total. The fraction of sp³-hybridized carbons (Fsp3) is 0.0556. The van der Waals surface area contributed by atoms with E-state index < -0.39 is 0 Å². The SMILES string of the molecule is COc1ncc(-c2cncc3cc(/C=C4/SC(=S)NC4=O)oc23)cc1C#N. The van der Waals surface area contributed by atoms with Crippen LogP contribution in [0.5, 0.6) is 5.88 Å². The number of methoxy groups -OCH3 is 1. The van der Waals surface area contributed by atoms with Crippen LogP contribution in [-0.4, -0.2) is 27.3 Å². The number of pyridine rings is 2. The molecule has 7 nitrogen and oxygen atoms in total. The summed E-state index contributed by atoms with van der Waals surface area (Å²) in [6.07, 6.45) is 6.53. The molecule has 0 aromatic carbocycles. The van der Waals surface area contributed by atoms with Crippen molar-refractivity contribution >= 4 is 51.3 Å². The van der Waals surface area contributed by atoms with E-state index in [4.69, 9.17) is 21.4 Å². The summed E-state index contributed by atoms with van der Waals surface area (Å²) in [5.41, 5.74) is 2.25. The maximum Gasteiger partial charge on any atom is 0.263 e. The molecule has 1 aliphatic heterocycles. The number of amides is 1. The molecule has 3 aromatic heterocycles. The molecule has 0 aliphatic carbocycles. The lowest BCUT2D eigenvalue weighted by atomic mass is 10.1. The van der Waals surface area contributed by atoms with E-state index in [1.54, 1.807) is 36.8 Å².